The minimum atomic E-state index is -4.44. The van der Waals surface area contributed by atoms with Gasteiger partial charge in [-0.3, -0.25) is 37.3 Å². The molecule has 2 heterocycles. The minimum Gasteiger partial charge on any atom is -0.462 e. The van der Waals surface area contributed by atoms with E-state index < -0.39 is 64.9 Å². The topological polar surface area (TPSA) is 278 Å². The predicted octanol–water partition coefficient (Wildman–Crippen LogP) is 17.1. The first kappa shape index (κ1) is 93.7. The van der Waals surface area contributed by atoms with E-state index in [-0.39, 0.29) is 52.1 Å². The molecule has 0 aliphatic heterocycles. The van der Waals surface area contributed by atoms with Crippen LogP contribution in [0.4, 0.5) is 0 Å². The van der Waals surface area contributed by atoms with Gasteiger partial charge in [0.25, 0.3) is 0 Å². The number of hydrogen-bond acceptors (Lipinski definition) is 18. The van der Waals surface area contributed by atoms with Gasteiger partial charge in [0.15, 0.2) is 12.2 Å². The highest BCUT2D eigenvalue weighted by atomic mass is 31.2. The van der Waals surface area contributed by atoms with Crippen LogP contribution < -0.4 is 0 Å². The Hall–Kier alpha value is -4.48. The molecule has 4 atom stereocenters. The number of aryl methyl sites for hydroxylation is 2. The van der Waals surface area contributed by atoms with Crippen LogP contribution >= 0.6 is 15.6 Å². The molecule has 0 saturated carbocycles. The second-order valence-electron chi connectivity index (χ2n) is 30.7. The molecule has 598 valence electrons. The number of aromatic nitrogens is 6. The summed E-state index contributed by atoms with van der Waals surface area (Å²) in [6.45, 7) is 5.19. The van der Waals surface area contributed by atoms with Crippen molar-refractivity contribution in [2.45, 2.75) is 322 Å². The Labute approximate surface area is 626 Å². The summed E-state index contributed by atoms with van der Waals surface area (Å²) >= 11 is 0. The third kappa shape index (κ3) is 54.2. The fourth-order valence-corrected chi connectivity index (χ4v) is 13.3. The first-order chi connectivity index (χ1) is 49.9. The van der Waals surface area contributed by atoms with Gasteiger partial charge in [0.05, 0.1) is 80.0 Å². The molecule has 0 amide bonds. The molecule has 3 rings (SSSR count). The number of nitrogens with zero attached hydrogens (tertiary/aromatic N) is 8. The van der Waals surface area contributed by atoms with Crippen molar-refractivity contribution < 1.29 is 84.1 Å². The number of ether oxygens (including phenoxy) is 4. The molecule has 1 aromatic carbocycles. The number of esters is 4. The van der Waals surface area contributed by atoms with Crippen molar-refractivity contribution in [1.82, 2.24) is 30.0 Å². The summed E-state index contributed by atoms with van der Waals surface area (Å²) in [5.74, 6) is -1.77. The number of likely N-dealkylation sites (N-methyl/N-ethyl adjacent to an activating group) is 2. The monoisotopic (exact) mass is 1510 g/mol. The van der Waals surface area contributed by atoms with Gasteiger partial charge in [-0.25, -0.2) is 18.5 Å². The zero-order valence-corrected chi connectivity index (χ0v) is 67.7. The number of quaternary nitrogens is 2. The van der Waals surface area contributed by atoms with E-state index in [2.05, 4.69) is 58.7 Å². The molecular formula is C78H142N8O16P2+2. The Kier molecular flexibility index (Phi) is 51.9. The molecule has 0 fully saturated rings. The van der Waals surface area contributed by atoms with Gasteiger partial charge in [-0.05, 0) is 62.5 Å². The molecule has 0 saturated heterocycles. The van der Waals surface area contributed by atoms with Crippen LogP contribution in [0.25, 0.3) is 0 Å². The fourth-order valence-electron chi connectivity index (χ4n) is 11.9. The summed E-state index contributed by atoms with van der Waals surface area (Å²) in [7, 11) is 2.74. The fraction of sp³-hybridized carbons (Fsp3) is 0.821. The Balaban J connectivity index is 1.28. The van der Waals surface area contributed by atoms with E-state index in [1.807, 2.05) is 64.0 Å². The standard InChI is InChI=1S/C78H140N8O16P2/c1-9-11-13-15-17-19-21-23-25-27-29-37-43-49-75(87)95-65-73(67-99-103(91,92)97-59-57-85(3,4)5)101-77(89)51-45-39-33-31-35-41-47-71-63-83(81-79-71)61-69-53-55-70(56-54-69)62-84-64-72(80-82-84)48-42-36-32-34-40-46-52-78(90)102-74(68-100-104(93,94)98-60-58-86(6,7)8)66-96-76(88)50-44-38-30-28-26-24-22-20-18-16-14-12-10-2/h53-56,63-64,73-74H,9-52,57-62,65-68H2,1-8H3/p+2/t73-,74-/m0/s1. The van der Waals surface area contributed by atoms with Crippen molar-refractivity contribution >= 4 is 39.5 Å². The normalized spacial score (nSPS) is 13.7. The molecule has 0 aliphatic rings. The van der Waals surface area contributed by atoms with Crippen LogP contribution in [0.15, 0.2) is 36.7 Å². The minimum absolute atomic E-state index is 0.00256. The molecular weight excluding hydrogens is 1370 g/mol. The zero-order valence-electron chi connectivity index (χ0n) is 65.9. The lowest BCUT2D eigenvalue weighted by atomic mass is 10.0. The molecule has 2 unspecified atom stereocenters. The smallest absolute Gasteiger partial charge is 0.462 e. The van der Waals surface area contributed by atoms with E-state index in [1.165, 1.54) is 116 Å². The second kappa shape index (κ2) is 57.6. The average Bonchev–Trinajstić information content (AvgIpc) is 1.69. The number of carbonyl (C=O) groups excluding carboxylic acids is 4. The third-order valence-corrected chi connectivity index (χ3v) is 20.3. The van der Waals surface area contributed by atoms with Crippen LogP contribution in [0.5, 0.6) is 0 Å². The van der Waals surface area contributed by atoms with Gasteiger partial charge >= 0.3 is 39.5 Å². The van der Waals surface area contributed by atoms with E-state index in [0.717, 1.165) is 138 Å². The summed E-state index contributed by atoms with van der Waals surface area (Å²) < 4.78 is 73.1. The lowest BCUT2D eigenvalue weighted by Crippen LogP contribution is -2.37. The number of unbranched alkanes of at least 4 members (excludes halogenated alkanes) is 34. The number of carbonyl (C=O) groups is 4. The lowest BCUT2D eigenvalue weighted by molar-refractivity contribution is -0.870. The molecule has 3 aromatic rings. The van der Waals surface area contributed by atoms with Gasteiger partial charge < -0.3 is 37.7 Å². The van der Waals surface area contributed by atoms with E-state index in [0.29, 0.717) is 60.8 Å². The quantitative estimate of drug-likeness (QED) is 0.0175. The summed E-state index contributed by atoms with van der Waals surface area (Å²) in [5.41, 5.74) is 4.10. The molecule has 0 radical (unpaired) electrons. The summed E-state index contributed by atoms with van der Waals surface area (Å²) in [6.07, 6.45) is 46.4. The van der Waals surface area contributed by atoms with E-state index in [1.54, 1.807) is 0 Å². The van der Waals surface area contributed by atoms with Gasteiger partial charge in [-0.15, -0.1) is 10.2 Å². The van der Waals surface area contributed by atoms with Crippen LogP contribution in [-0.2, 0) is 91.3 Å². The highest BCUT2D eigenvalue weighted by Crippen LogP contribution is 2.44. The Morgan fingerprint density at radius 2 is 0.654 bits per heavy atom. The van der Waals surface area contributed by atoms with Crippen LogP contribution in [0.2, 0.25) is 0 Å². The summed E-state index contributed by atoms with van der Waals surface area (Å²) in [5, 5.41) is 17.6. The van der Waals surface area contributed by atoms with Crippen LogP contribution in [-0.4, -0.2) is 180 Å². The van der Waals surface area contributed by atoms with Crippen molar-refractivity contribution in [2.24, 2.45) is 0 Å². The second-order valence-corrected chi connectivity index (χ2v) is 33.6. The zero-order chi connectivity index (χ0) is 75.8. The lowest BCUT2D eigenvalue weighted by Gasteiger charge is -2.24. The highest BCUT2D eigenvalue weighted by Gasteiger charge is 2.29. The van der Waals surface area contributed by atoms with E-state index in [4.69, 9.17) is 37.0 Å². The molecule has 0 spiro atoms. The number of benzene rings is 1. The maximum absolute atomic E-state index is 13.0. The van der Waals surface area contributed by atoms with Crippen LogP contribution in [0.1, 0.15) is 306 Å². The molecule has 2 N–H and O–H groups in total. The molecule has 26 heteroatoms. The Bertz CT molecular complexity index is 2590. The average molecular weight is 1510 g/mol. The largest absolute Gasteiger partial charge is 0.472 e. The molecule has 24 nitrogen and oxygen atoms in total. The van der Waals surface area contributed by atoms with E-state index >= 15 is 0 Å². The van der Waals surface area contributed by atoms with Gasteiger partial charge in [0, 0.05) is 38.1 Å². The van der Waals surface area contributed by atoms with Crippen molar-refractivity contribution in [2.75, 3.05) is 95.0 Å². The van der Waals surface area contributed by atoms with Crippen LogP contribution in [0, 0.1) is 0 Å². The van der Waals surface area contributed by atoms with Crippen molar-refractivity contribution in [3.8, 4) is 0 Å². The maximum Gasteiger partial charge on any atom is 0.472 e. The van der Waals surface area contributed by atoms with Crippen molar-refractivity contribution in [3.05, 3.63) is 59.2 Å². The number of hydrogen-bond donors (Lipinski definition) is 2. The first-order valence-corrected chi connectivity index (χ1v) is 43.3. The molecule has 0 bridgehead atoms. The third-order valence-electron chi connectivity index (χ3n) is 18.3. The van der Waals surface area contributed by atoms with Crippen molar-refractivity contribution in [3.63, 3.8) is 0 Å². The summed E-state index contributed by atoms with van der Waals surface area (Å²) in [4.78, 5) is 71.9. The highest BCUT2D eigenvalue weighted by molar-refractivity contribution is 7.47. The van der Waals surface area contributed by atoms with Gasteiger partial charge in [0.2, 0.25) is 0 Å². The van der Waals surface area contributed by atoms with Crippen molar-refractivity contribution in [1.29, 1.82) is 0 Å². The molecule has 2 aromatic heterocycles. The van der Waals surface area contributed by atoms with Gasteiger partial charge in [-0.1, -0.05) is 254 Å². The number of rotatable bonds is 70. The van der Waals surface area contributed by atoms with Crippen LogP contribution in [0.3, 0.4) is 0 Å². The Morgan fingerprint density at radius 1 is 0.385 bits per heavy atom. The predicted molar refractivity (Wildman–Crippen MR) is 408 cm³/mol. The number of phosphoric ester groups is 2. The Morgan fingerprint density at radius 3 is 0.942 bits per heavy atom. The van der Waals surface area contributed by atoms with Gasteiger partial charge in [-0.2, -0.15) is 0 Å². The van der Waals surface area contributed by atoms with Gasteiger partial charge in [0.1, 0.15) is 39.5 Å². The van der Waals surface area contributed by atoms with E-state index in [9.17, 15) is 38.1 Å². The summed E-state index contributed by atoms with van der Waals surface area (Å²) in [6, 6.07) is 8.39. The molecule has 104 heavy (non-hydrogen) atoms. The first-order valence-electron chi connectivity index (χ1n) is 40.3. The maximum atomic E-state index is 13.0. The SMILES string of the molecule is CCCCCCCCCCCCCCCC(=O)OC[C@@H](COP(=O)(O)OCC[N+](C)(C)C)OC(=O)CCCCCCCCc1cn(Cc2ccc(Cn3cc(CCCCCCCCC(=O)O[C@@H](COC(=O)CCCCCCCCCCCCCCC)COP(=O)(O)OCC[N+](C)(C)C)nn3)cc2)nn1. The number of phosphoric acid groups is 2. The molecule has 0 aliphatic carbocycles.